The molecule has 2 unspecified atom stereocenters. The number of ether oxygens (including phenoxy) is 3. The molecule has 0 aliphatic carbocycles. The summed E-state index contributed by atoms with van der Waals surface area (Å²) in [6.45, 7) is 31.1. The fourth-order valence-electron chi connectivity index (χ4n) is 7.54. The smallest absolute Gasteiger partial charge is 0.410 e. The number of pyridine rings is 2. The Morgan fingerprint density at radius 2 is 1.20 bits per heavy atom. The Hall–Kier alpha value is -8.27. The van der Waals surface area contributed by atoms with Gasteiger partial charge >= 0.3 is 18.2 Å². The number of piperidine rings is 2. The van der Waals surface area contributed by atoms with Gasteiger partial charge in [0.15, 0.2) is 24.0 Å². The van der Waals surface area contributed by atoms with Crippen molar-refractivity contribution >= 4 is 70.1 Å². The molecular weight excluding hydrogens is 909 g/mol. The molecule has 374 valence electrons. The first-order valence-electron chi connectivity index (χ1n) is 23.4. The molecule has 7 heterocycles. The molecule has 0 radical (unpaired) electrons. The lowest BCUT2D eigenvalue weighted by atomic mass is 9.98. The molecule has 6 N–H and O–H groups in total. The van der Waals surface area contributed by atoms with E-state index < -0.39 is 17.2 Å². The van der Waals surface area contributed by atoms with Crippen LogP contribution in [0.25, 0.3) is 15.4 Å². The number of nitrogens with two attached hydrogens (primary N) is 1. The Kier molecular flexibility index (Phi) is 17.5. The molecule has 7 rings (SSSR count). The van der Waals surface area contributed by atoms with E-state index in [2.05, 4.69) is 60.9 Å². The van der Waals surface area contributed by atoms with Crippen LogP contribution in [0.1, 0.15) is 84.5 Å². The molecule has 22 nitrogen and oxygen atoms in total. The Morgan fingerprint density at radius 3 is 1.68 bits per heavy atom. The number of aromatic nitrogens is 7. The molecule has 0 spiro atoms. The Bertz CT molecular complexity index is 2690. The molecule has 2 fully saturated rings. The molecular formula is C49H62N16O6. The van der Waals surface area contributed by atoms with E-state index in [1.807, 2.05) is 52.2 Å². The Morgan fingerprint density at radius 1 is 0.704 bits per heavy atom. The zero-order valence-corrected chi connectivity index (χ0v) is 41.2. The van der Waals surface area contributed by atoms with Gasteiger partial charge in [-0.2, -0.15) is 0 Å². The van der Waals surface area contributed by atoms with Crippen LogP contribution in [0.3, 0.4) is 0 Å². The number of carbonyl (C=O) groups excluding carboxylic acids is 3. The zero-order chi connectivity index (χ0) is 51.1. The average molecular weight is 971 g/mol. The molecule has 22 heteroatoms. The van der Waals surface area contributed by atoms with Crippen molar-refractivity contribution in [2.24, 2.45) is 11.8 Å². The summed E-state index contributed by atoms with van der Waals surface area (Å²) >= 11 is 0. The van der Waals surface area contributed by atoms with Gasteiger partial charge < -0.3 is 65.3 Å². The highest BCUT2D eigenvalue weighted by molar-refractivity contribution is 5.89. The van der Waals surface area contributed by atoms with Crippen molar-refractivity contribution in [2.45, 2.75) is 85.4 Å². The highest BCUT2D eigenvalue weighted by Crippen LogP contribution is 2.29. The lowest BCUT2D eigenvalue weighted by Gasteiger charge is -2.34. The molecule has 2 saturated heterocycles. The molecule has 0 aromatic carbocycles. The van der Waals surface area contributed by atoms with Gasteiger partial charge in [-0.25, -0.2) is 34.3 Å². The molecule has 2 aliphatic heterocycles. The van der Waals surface area contributed by atoms with E-state index in [0.29, 0.717) is 80.4 Å². The second kappa shape index (κ2) is 23.8. The maximum absolute atomic E-state index is 12.6. The fourth-order valence-corrected chi connectivity index (χ4v) is 7.54. The Balaban J connectivity index is 0.000000240. The molecule has 5 aromatic heterocycles. The summed E-state index contributed by atoms with van der Waals surface area (Å²) < 4.78 is 18.0. The van der Waals surface area contributed by atoms with Crippen LogP contribution in [0.15, 0.2) is 67.8 Å². The number of esters is 1. The number of nitrogen functional groups attached to an aromatic ring is 1. The molecule has 0 bridgehead atoms. The van der Waals surface area contributed by atoms with Gasteiger partial charge in [0.25, 0.3) is 11.6 Å². The van der Waals surface area contributed by atoms with Crippen LogP contribution in [0.4, 0.5) is 61.6 Å². The summed E-state index contributed by atoms with van der Waals surface area (Å²) in [5.74, 6) is 2.55. The van der Waals surface area contributed by atoms with E-state index in [1.165, 1.54) is 24.8 Å². The molecule has 5 aromatic rings. The van der Waals surface area contributed by atoms with Gasteiger partial charge in [0.1, 0.15) is 22.8 Å². The summed E-state index contributed by atoms with van der Waals surface area (Å²) in [7, 11) is 0. The van der Waals surface area contributed by atoms with E-state index >= 15 is 0 Å². The number of nitrogens with zero attached hydrogens (tertiary/aromatic N) is 11. The van der Waals surface area contributed by atoms with E-state index in [1.54, 1.807) is 53.6 Å². The van der Waals surface area contributed by atoms with Crippen molar-refractivity contribution in [1.82, 2.24) is 44.3 Å². The Labute approximate surface area is 413 Å². The van der Waals surface area contributed by atoms with Gasteiger partial charge in [-0.05, 0) is 92.1 Å². The zero-order valence-electron chi connectivity index (χ0n) is 41.2. The number of likely N-dealkylation sites (tertiary alicyclic amines) is 2. The SMILES string of the molecule is [C-]#[N+]c1cnc(Nc2cc(NCC3CCCN(C(=O)OC(C)(C)C)C3)c(-n3ccc(C(=O)OCC)c3)cn2)cn1.[C-]#[N+]c1cnc(Nc2cc(NCC3CCCN(C(=O)OC(C)(C)C)C3)c(N)cn2)cn1. The van der Waals surface area contributed by atoms with Crippen molar-refractivity contribution in [3.05, 3.63) is 96.2 Å². The van der Waals surface area contributed by atoms with Crippen molar-refractivity contribution in [2.75, 3.05) is 72.9 Å². The first kappa shape index (κ1) is 52.1. The van der Waals surface area contributed by atoms with Crippen LogP contribution in [0.2, 0.25) is 0 Å². The van der Waals surface area contributed by atoms with E-state index in [0.717, 1.165) is 42.7 Å². The molecule has 2 aliphatic rings. The normalized spacial score (nSPS) is 15.7. The van der Waals surface area contributed by atoms with Crippen molar-refractivity contribution in [1.29, 1.82) is 0 Å². The third-order valence-corrected chi connectivity index (χ3v) is 10.8. The monoisotopic (exact) mass is 971 g/mol. The summed E-state index contributed by atoms with van der Waals surface area (Å²) in [6.07, 6.45) is 15.7. The standard InChI is InChI=1S/C28H34N8O4.C21H28N8O2/c1-6-39-26(37)20-9-11-35(18-20)22-14-31-23(34-25-16-32-24(29-5)15-33-25)12-21(22)30-13-19-8-7-10-36(17-19)27(38)40-28(2,3)4;1-21(2,3)31-20(30)29-7-5-6-14(13-29)9-24-16-8-17(25-10-15(16)22)28-19-12-26-18(23-4)11-27-19/h9,11-12,14-16,18-19H,6-8,10,13,17H2,1-4H3,(H2,30,31,33,34);8,10-12,14H,5-7,9,13,22H2,1-3H3,(H2,24,25,27,28). The van der Waals surface area contributed by atoms with Gasteiger partial charge in [-0.15, -0.1) is 9.97 Å². The first-order chi connectivity index (χ1) is 33.9. The molecule has 2 amide bonds. The first-order valence-corrected chi connectivity index (χ1v) is 23.4. The lowest BCUT2D eigenvalue weighted by Crippen LogP contribution is -2.44. The number of hydrogen-bond donors (Lipinski definition) is 5. The van der Waals surface area contributed by atoms with Gasteiger partial charge in [0.2, 0.25) is 0 Å². The van der Waals surface area contributed by atoms with Crippen LogP contribution < -0.4 is 27.0 Å². The number of carbonyl (C=O) groups is 3. The summed E-state index contributed by atoms with van der Waals surface area (Å²) in [4.78, 5) is 72.4. The molecule has 2 atom stereocenters. The van der Waals surface area contributed by atoms with Gasteiger partial charge in [0.05, 0.1) is 59.7 Å². The largest absolute Gasteiger partial charge is 0.462 e. The number of anilines is 7. The number of hydrogen-bond acceptors (Lipinski definition) is 17. The van der Waals surface area contributed by atoms with Crippen molar-refractivity contribution in [3.63, 3.8) is 0 Å². The van der Waals surface area contributed by atoms with E-state index in [-0.39, 0.29) is 35.7 Å². The minimum atomic E-state index is -0.544. The number of amides is 2. The maximum atomic E-state index is 12.6. The fraction of sp³-hybridized carbons (Fsp3) is 0.449. The van der Waals surface area contributed by atoms with Crippen LogP contribution in [-0.2, 0) is 14.2 Å². The molecule has 71 heavy (non-hydrogen) atoms. The highest BCUT2D eigenvalue weighted by atomic mass is 16.6. The van der Waals surface area contributed by atoms with E-state index in [4.69, 9.17) is 33.1 Å². The van der Waals surface area contributed by atoms with Crippen LogP contribution in [-0.4, -0.2) is 120 Å². The number of nitrogens with one attached hydrogen (secondary N) is 4. The molecule has 0 saturated carbocycles. The van der Waals surface area contributed by atoms with Gasteiger partial charge in [-0.3, -0.25) is 0 Å². The second-order valence-corrected chi connectivity index (χ2v) is 18.9. The van der Waals surface area contributed by atoms with Crippen molar-refractivity contribution < 1.29 is 28.6 Å². The minimum Gasteiger partial charge on any atom is -0.462 e. The average Bonchev–Trinajstić information content (AvgIpc) is 3.84. The third kappa shape index (κ3) is 15.9. The lowest BCUT2D eigenvalue weighted by molar-refractivity contribution is 0.0163. The quantitative estimate of drug-likeness (QED) is 0.0419. The number of rotatable bonds is 13. The van der Waals surface area contributed by atoms with Crippen LogP contribution in [0, 0.1) is 25.0 Å². The predicted molar refractivity (Wildman–Crippen MR) is 269 cm³/mol. The van der Waals surface area contributed by atoms with Crippen molar-refractivity contribution in [3.8, 4) is 5.69 Å². The van der Waals surface area contributed by atoms with Gasteiger partial charge in [0, 0.05) is 63.8 Å². The topological polar surface area (TPSA) is 251 Å². The van der Waals surface area contributed by atoms with E-state index in [9.17, 15) is 14.4 Å². The summed E-state index contributed by atoms with van der Waals surface area (Å²) in [6, 6.07) is 5.34. The summed E-state index contributed by atoms with van der Waals surface area (Å²) in [5, 5.41) is 13.1. The minimum absolute atomic E-state index is 0.203. The third-order valence-electron chi connectivity index (χ3n) is 10.8. The highest BCUT2D eigenvalue weighted by Gasteiger charge is 2.29. The van der Waals surface area contributed by atoms with Gasteiger partial charge in [-0.1, -0.05) is 13.1 Å². The second-order valence-electron chi connectivity index (χ2n) is 18.9. The van der Waals surface area contributed by atoms with Crippen LogP contribution >= 0.6 is 0 Å². The predicted octanol–water partition coefficient (Wildman–Crippen LogP) is 9.00. The summed E-state index contributed by atoms with van der Waals surface area (Å²) in [5.41, 5.74) is 8.25. The maximum Gasteiger partial charge on any atom is 0.410 e. The van der Waals surface area contributed by atoms with Crippen LogP contribution in [0.5, 0.6) is 0 Å².